The molecule has 0 aliphatic carbocycles. The Labute approximate surface area is 121 Å². The Morgan fingerprint density at radius 1 is 0.526 bits per heavy atom. The summed E-state index contributed by atoms with van der Waals surface area (Å²) in [7, 11) is 0. The molecule has 19 heavy (non-hydrogen) atoms. The Morgan fingerprint density at radius 2 is 0.947 bits per heavy atom. The number of rotatable bonds is 0. The van der Waals surface area contributed by atoms with E-state index in [1.807, 2.05) is 11.3 Å². The molecule has 0 N–H and O–H groups in total. The highest BCUT2D eigenvalue weighted by Gasteiger charge is 2.08. The summed E-state index contributed by atoms with van der Waals surface area (Å²) in [5, 5.41) is 17.2. The van der Waals surface area contributed by atoms with Crippen LogP contribution in [0.4, 0.5) is 0 Å². The largest absolute Gasteiger partial charge is 0.151 e. The number of benzene rings is 2. The summed E-state index contributed by atoms with van der Waals surface area (Å²) in [6.07, 6.45) is 0. The minimum Gasteiger partial charge on any atom is -0.151 e. The monoisotopic (exact) mass is 296 g/mol. The van der Waals surface area contributed by atoms with Crippen LogP contribution in [-0.2, 0) is 0 Å². The summed E-state index contributed by atoms with van der Waals surface area (Å²) in [5.41, 5.74) is 0. The molecule has 0 fully saturated rings. The summed E-state index contributed by atoms with van der Waals surface area (Å²) in [5.74, 6) is 0. The average Bonchev–Trinajstić information content (AvgIpc) is 3.10. The maximum Gasteiger partial charge on any atom is 0.0362 e. The highest BCUT2D eigenvalue weighted by Crippen LogP contribution is 2.39. The van der Waals surface area contributed by atoms with Gasteiger partial charge in [0.15, 0.2) is 0 Å². The van der Waals surface area contributed by atoms with E-state index in [2.05, 4.69) is 45.8 Å². The Hall–Kier alpha value is -1.42. The number of fused-ring (bicyclic) bond motifs is 5. The summed E-state index contributed by atoms with van der Waals surface area (Å²) in [6, 6.07) is 9.36. The van der Waals surface area contributed by atoms with Crippen molar-refractivity contribution < 1.29 is 0 Å². The quantitative estimate of drug-likeness (QED) is 0.306. The first-order valence-electron chi connectivity index (χ1n) is 6.07. The topological polar surface area (TPSA) is 0 Å². The molecule has 0 amide bonds. The van der Waals surface area contributed by atoms with Crippen LogP contribution in [0.2, 0.25) is 0 Å². The molecular formula is C16H8S3. The van der Waals surface area contributed by atoms with Gasteiger partial charge in [-0.05, 0) is 67.3 Å². The lowest BCUT2D eigenvalue weighted by atomic mass is 10.1. The molecule has 0 aliphatic heterocycles. The van der Waals surface area contributed by atoms with Crippen molar-refractivity contribution in [3.63, 3.8) is 0 Å². The molecule has 3 heterocycles. The van der Waals surface area contributed by atoms with Gasteiger partial charge in [0, 0.05) is 20.2 Å². The van der Waals surface area contributed by atoms with Crippen molar-refractivity contribution in [1.29, 1.82) is 0 Å². The molecule has 0 spiro atoms. The first-order valence-corrected chi connectivity index (χ1v) is 8.77. The van der Waals surface area contributed by atoms with Crippen molar-refractivity contribution in [3.8, 4) is 0 Å². The second-order valence-corrected chi connectivity index (χ2v) is 7.37. The Morgan fingerprint density at radius 3 is 1.42 bits per heavy atom. The molecule has 3 aromatic heterocycles. The Kier molecular flexibility index (Phi) is 1.95. The van der Waals surface area contributed by atoms with E-state index in [0.717, 1.165) is 0 Å². The fourth-order valence-corrected chi connectivity index (χ4v) is 5.41. The third kappa shape index (κ3) is 1.38. The average molecular weight is 296 g/mol. The van der Waals surface area contributed by atoms with Gasteiger partial charge in [0.05, 0.1) is 0 Å². The molecule has 0 saturated heterocycles. The van der Waals surface area contributed by atoms with Gasteiger partial charge in [-0.3, -0.25) is 0 Å². The normalized spacial score (nSPS) is 12.2. The maximum absolute atomic E-state index is 2.35. The van der Waals surface area contributed by atoms with Gasteiger partial charge >= 0.3 is 0 Å². The lowest BCUT2D eigenvalue weighted by molar-refractivity contribution is 2.03. The minimum atomic E-state index is 1.36. The standard InChI is InChI=1S/C16H8S3/c1-9-5-17-7-11(9)3-15-13(1)14-2-10-6-18-8-12(10)4-16(14)19-15/h1-8H. The van der Waals surface area contributed by atoms with Crippen LogP contribution < -0.4 is 0 Å². The number of hydrogen-bond acceptors (Lipinski definition) is 3. The predicted molar refractivity (Wildman–Crippen MR) is 90.1 cm³/mol. The number of thiophene rings is 3. The van der Waals surface area contributed by atoms with Crippen LogP contribution in [0.3, 0.4) is 0 Å². The van der Waals surface area contributed by atoms with Gasteiger partial charge in [0.1, 0.15) is 0 Å². The van der Waals surface area contributed by atoms with E-state index in [1.165, 1.54) is 41.7 Å². The maximum atomic E-state index is 2.35. The molecule has 5 aromatic rings. The smallest absolute Gasteiger partial charge is 0.0362 e. The molecule has 0 unspecified atom stereocenters. The molecule has 0 nitrogen and oxygen atoms in total. The highest BCUT2D eigenvalue weighted by molar-refractivity contribution is 7.26. The van der Waals surface area contributed by atoms with E-state index >= 15 is 0 Å². The zero-order valence-electron chi connectivity index (χ0n) is 9.84. The molecular weight excluding hydrogens is 288 g/mol. The van der Waals surface area contributed by atoms with E-state index in [4.69, 9.17) is 0 Å². The van der Waals surface area contributed by atoms with E-state index in [0.29, 0.717) is 0 Å². The Balaban J connectivity index is 2.06. The van der Waals surface area contributed by atoms with Crippen molar-refractivity contribution in [1.82, 2.24) is 0 Å². The van der Waals surface area contributed by atoms with Gasteiger partial charge in [-0.15, -0.1) is 11.3 Å². The predicted octanol–water partition coefficient (Wildman–Crippen LogP) is 6.48. The van der Waals surface area contributed by atoms with Crippen LogP contribution in [0.5, 0.6) is 0 Å². The summed E-state index contributed by atoms with van der Waals surface area (Å²) in [4.78, 5) is 0. The van der Waals surface area contributed by atoms with Crippen LogP contribution >= 0.6 is 34.0 Å². The lowest BCUT2D eigenvalue weighted by Gasteiger charge is -1.94. The summed E-state index contributed by atoms with van der Waals surface area (Å²) in [6.45, 7) is 0. The fraction of sp³-hybridized carbons (Fsp3) is 0. The molecule has 90 valence electrons. The molecule has 0 bridgehead atoms. The van der Waals surface area contributed by atoms with Crippen molar-refractivity contribution >= 4 is 75.7 Å². The highest BCUT2D eigenvalue weighted by atomic mass is 32.1. The first kappa shape index (κ1) is 10.4. The van der Waals surface area contributed by atoms with Crippen molar-refractivity contribution in [2.75, 3.05) is 0 Å². The van der Waals surface area contributed by atoms with Crippen molar-refractivity contribution in [3.05, 3.63) is 45.8 Å². The first-order chi connectivity index (χ1) is 9.38. The third-order valence-electron chi connectivity index (χ3n) is 3.66. The molecule has 0 radical (unpaired) electrons. The molecule has 5 rings (SSSR count). The van der Waals surface area contributed by atoms with Gasteiger partial charge in [-0.25, -0.2) is 0 Å². The van der Waals surface area contributed by atoms with Crippen LogP contribution in [0.15, 0.2) is 45.8 Å². The van der Waals surface area contributed by atoms with Crippen LogP contribution in [0.25, 0.3) is 41.7 Å². The van der Waals surface area contributed by atoms with Crippen LogP contribution in [0, 0.1) is 0 Å². The molecule has 3 heteroatoms. The molecule has 0 atom stereocenters. The SMILES string of the molecule is c1scc2cc3c(cc12)sc1cc2cscc2cc13. The van der Waals surface area contributed by atoms with Crippen LogP contribution in [0.1, 0.15) is 0 Å². The van der Waals surface area contributed by atoms with Gasteiger partial charge in [-0.1, -0.05) is 0 Å². The van der Waals surface area contributed by atoms with Gasteiger partial charge < -0.3 is 0 Å². The van der Waals surface area contributed by atoms with Crippen LogP contribution in [-0.4, -0.2) is 0 Å². The minimum absolute atomic E-state index is 1.36. The summed E-state index contributed by atoms with van der Waals surface area (Å²) >= 11 is 5.47. The van der Waals surface area contributed by atoms with Crippen molar-refractivity contribution in [2.45, 2.75) is 0 Å². The molecule has 2 aromatic carbocycles. The zero-order valence-corrected chi connectivity index (χ0v) is 12.3. The van der Waals surface area contributed by atoms with Gasteiger partial charge in [-0.2, -0.15) is 22.7 Å². The van der Waals surface area contributed by atoms with Gasteiger partial charge in [0.2, 0.25) is 0 Å². The van der Waals surface area contributed by atoms with E-state index in [-0.39, 0.29) is 0 Å². The zero-order chi connectivity index (χ0) is 12.4. The number of hydrogen-bond donors (Lipinski definition) is 0. The van der Waals surface area contributed by atoms with Gasteiger partial charge in [0.25, 0.3) is 0 Å². The third-order valence-corrected chi connectivity index (χ3v) is 6.34. The van der Waals surface area contributed by atoms with E-state index in [9.17, 15) is 0 Å². The van der Waals surface area contributed by atoms with E-state index in [1.54, 1.807) is 22.7 Å². The second kappa shape index (κ2) is 3.57. The fourth-order valence-electron chi connectivity index (χ4n) is 2.70. The van der Waals surface area contributed by atoms with E-state index < -0.39 is 0 Å². The molecule has 0 aliphatic rings. The second-order valence-electron chi connectivity index (χ2n) is 4.80. The van der Waals surface area contributed by atoms with Crippen molar-refractivity contribution in [2.24, 2.45) is 0 Å². The lowest BCUT2D eigenvalue weighted by Crippen LogP contribution is -1.68. The summed E-state index contributed by atoms with van der Waals surface area (Å²) < 4.78 is 2.80. The Bertz CT molecular complexity index is 974. The molecule has 0 saturated carbocycles.